The third-order valence-electron chi connectivity index (χ3n) is 8.74. The van der Waals surface area contributed by atoms with Crippen LogP contribution in [-0.4, -0.2) is 0 Å². The number of furan rings is 1. The summed E-state index contributed by atoms with van der Waals surface area (Å²) in [7, 11) is 0. The van der Waals surface area contributed by atoms with Crippen LogP contribution in [0, 0.1) is 0 Å². The van der Waals surface area contributed by atoms with Gasteiger partial charge in [-0.05, 0) is 78.7 Å². The Morgan fingerprint density at radius 1 is 0.400 bits per heavy atom. The van der Waals surface area contributed by atoms with Gasteiger partial charge in [-0.3, -0.25) is 0 Å². The standard InChI is InChI=1S/C44H28O/c1-3-13-29(14-4-1)34-23-12-24-39-40-28-32(25-26-41(40)45-44(34)39)31-17-11-18-33(27-31)43-37-21-9-7-19-35(37)42(30-15-5-2-6-16-30)36-20-8-10-22-38(36)43/h1-28H/i11D,17D,18D,27D. The number of para-hydroxylation sites is 1. The highest BCUT2D eigenvalue weighted by Gasteiger charge is 2.17. The molecule has 0 aliphatic carbocycles. The van der Waals surface area contributed by atoms with E-state index in [-0.39, 0.29) is 24.2 Å². The molecule has 0 unspecified atom stereocenters. The van der Waals surface area contributed by atoms with Gasteiger partial charge in [-0.15, -0.1) is 0 Å². The van der Waals surface area contributed by atoms with Gasteiger partial charge in [0.15, 0.2) is 0 Å². The summed E-state index contributed by atoms with van der Waals surface area (Å²) in [5.74, 6) is 0. The second-order valence-corrected chi connectivity index (χ2v) is 11.3. The summed E-state index contributed by atoms with van der Waals surface area (Å²) in [4.78, 5) is 0. The smallest absolute Gasteiger partial charge is 0.143 e. The zero-order valence-corrected chi connectivity index (χ0v) is 24.3. The van der Waals surface area contributed by atoms with E-state index in [0.29, 0.717) is 22.3 Å². The normalized spacial score (nSPS) is 12.8. The summed E-state index contributed by atoms with van der Waals surface area (Å²) >= 11 is 0. The number of fused-ring (bicyclic) bond motifs is 5. The van der Waals surface area contributed by atoms with Gasteiger partial charge in [0.2, 0.25) is 0 Å². The second-order valence-electron chi connectivity index (χ2n) is 11.3. The molecule has 1 heterocycles. The first-order chi connectivity index (χ1) is 24.0. The highest BCUT2D eigenvalue weighted by Crippen LogP contribution is 2.44. The summed E-state index contributed by atoms with van der Waals surface area (Å²) in [6, 6.07) is 48.0. The molecule has 9 rings (SSSR count). The Morgan fingerprint density at radius 3 is 1.62 bits per heavy atom. The SMILES string of the molecule is [2H]c1c([2H])c(-c2ccc3oc4c(-c5ccccc5)cccc4c3c2)c([2H])c(-c2c3ccccc3c(-c3ccccc3)c3ccccc23)c1[2H]. The van der Waals surface area contributed by atoms with Gasteiger partial charge in [0.25, 0.3) is 0 Å². The molecule has 0 aliphatic rings. The molecule has 0 amide bonds. The summed E-state index contributed by atoms with van der Waals surface area (Å²) in [6.45, 7) is 0. The minimum absolute atomic E-state index is 0.0610. The molecular weight excluding hydrogens is 544 g/mol. The van der Waals surface area contributed by atoms with Crippen molar-refractivity contribution in [1.29, 1.82) is 0 Å². The first-order valence-corrected chi connectivity index (χ1v) is 15.1. The fraction of sp³-hybridized carbons (Fsp3) is 0. The molecule has 0 saturated carbocycles. The summed E-state index contributed by atoms with van der Waals surface area (Å²) in [6.07, 6.45) is 0. The molecule has 0 saturated heterocycles. The van der Waals surface area contributed by atoms with Gasteiger partial charge < -0.3 is 4.42 Å². The maximum atomic E-state index is 9.70. The first kappa shape index (κ1) is 21.7. The Kier molecular flexibility index (Phi) is 5.00. The van der Waals surface area contributed by atoms with Gasteiger partial charge in [-0.1, -0.05) is 152 Å². The van der Waals surface area contributed by atoms with Crippen LogP contribution in [0.4, 0.5) is 0 Å². The fourth-order valence-corrected chi connectivity index (χ4v) is 6.73. The average molecular weight is 577 g/mol. The van der Waals surface area contributed by atoms with Crippen LogP contribution in [0.1, 0.15) is 5.48 Å². The minimum atomic E-state index is -0.204. The lowest BCUT2D eigenvalue weighted by Crippen LogP contribution is -1.91. The van der Waals surface area contributed by atoms with Gasteiger partial charge in [0.05, 0.1) is 5.48 Å². The second kappa shape index (κ2) is 10.4. The largest absolute Gasteiger partial charge is 0.455 e. The number of rotatable bonds is 4. The van der Waals surface area contributed by atoms with Crippen LogP contribution in [0.5, 0.6) is 0 Å². The molecule has 210 valence electrons. The van der Waals surface area contributed by atoms with E-state index in [1.807, 2.05) is 109 Å². The number of hydrogen-bond acceptors (Lipinski definition) is 1. The molecule has 0 fully saturated rings. The topological polar surface area (TPSA) is 13.1 Å². The van der Waals surface area contributed by atoms with E-state index in [2.05, 4.69) is 36.4 Å². The molecular formula is C44H28O. The van der Waals surface area contributed by atoms with E-state index >= 15 is 0 Å². The summed E-state index contributed by atoms with van der Waals surface area (Å²) < 4.78 is 43.4. The van der Waals surface area contributed by atoms with Crippen LogP contribution in [-0.2, 0) is 0 Å². The molecule has 8 aromatic carbocycles. The number of benzene rings is 8. The van der Waals surface area contributed by atoms with Gasteiger partial charge in [0, 0.05) is 16.3 Å². The third kappa shape index (κ3) is 4.17. The van der Waals surface area contributed by atoms with Crippen molar-refractivity contribution in [3.8, 4) is 44.5 Å². The molecule has 0 radical (unpaired) electrons. The van der Waals surface area contributed by atoms with E-state index in [9.17, 15) is 2.74 Å². The lowest BCUT2D eigenvalue weighted by molar-refractivity contribution is 0.670. The number of hydrogen-bond donors (Lipinski definition) is 0. The Morgan fingerprint density at radius 2 is 0.956 bits per heavy atom. The molecule has 0 bridgehead atoms. The molecule has 0 spiro atoms. The van der Waals surface area contributed by atoms with Crippen LogP contribution in [0.3, 0.4) is 0 Å². The van der Waals surface area contributed by atoms with Crippen LogP contribution in [0.25, 0.3) is 88.0 Å². The van der Waals surface area contributed by atoms with Crippen molar-refractivity contribution in [2.24, 2.45) is 0 Å². The van der Waals surface area contributed by atoms with E-state index < -0.39 is 0 Å². The van der Waals surface area contributed by atoms with E-state index in [1.165, 1.54) is 0 Å². The lowest BCUT2D eigenvalue weighted by atomic mass is 9.85. The molecule has 9 aromatic rings. The van der Waals surface area contributed by atoms with Gasteiger partial charge in [-0.25, -0.2) is 0 Å². The van der Waals surface area contributed by atoms with Crippen molar-refractivity contribution in [1.82, 2.24) is 0 Å². The Hall–Kier alpha value is -5.92. The van der Waals surface area contributed by atoms with Crippen LogP contribution >= 0.6 is 0 Å². The van der Waals surface area contributed by atoms with E-state index in [4.69, 9.17) is 7.16 Å². The van der Waals surface area contributed by atoms with Crippen LogP contribution in [0.2, 0.25) is 0 Å². The van der Waals surface area contributed by atoms with Gasteiger partial charge >= 0.3 is 0 Å². The van der Waals surface area contributed by atoms with Crippen LogP contribution < -0.4 is 0 Å². The molecule has 1 nitrogen and oxygen atoms in total. The Balaban J connectivity index is 1.33. The van der Waals surface area contributed by atoms with Crippen molar-refractivity contribution >= 4 is 43.5 Å². The van der Waals surface area contributed by atoms with Crippen molar-refractivity contribution in [2.45, 2.75) is 0 Å². The predicted molar refractivity (Wildman–Crippen MR) is 190 cm³/mol. The zero-order chi connectivity index (χ0) is 33.2. The van der Waals surface area contributed by atoms with E-state index in [1.54, 1.807) is 0 Å². The van der Waals surface area contributed by atoms with Crippen molar-refractivity contribution in [2.75, 3.05) is 0 Å². The highest BCUT2D eigenvalue weighted by atomic mass is 16.3. The third-order valence-corrected chi connectivity index (χ3v) is 8.74. The van der Waals surface area contributed by atoms with Gasteiger partial charge in [0.1, 0.15) is 11.2 Å². The maximum absolute atomic E-state index is 9.70. The highest BCUT2D eigenvalue weighted by molar-refractivity contribution is 6.21. The molecule has 45 heavy (non-hydrogen) atoms. The van der Waals surface area contributed by atoms with Crippen molar-refractivity contribution < 1.29 is 9.90 Å². The lowest BCUT2D eigenvalue weighted by Gasteiger charge is -2.18. The van der Waals surface area contributed by atoms with Crippen molar-refractivity contribution in [3.05, 3.63) is 170 Å². The molecule has 1 heteroatoms. The van der Waals surface area contributed by atoms with E-state index in [0.717, 1.165) is 65.7 Å². The first-order valence-electron chi connectivity index (χ1n) is 17.1. The molecule has 0 atom stereocenters. The zero-order valence-electron chi connectivity index (χ0n) is 28.3. The van der Waals surface area contributed by atoms with Gasteiger partial charge in [-0.2, -0.15) is 0 Å². The monoisotopic (exact) mass is 576 g/mol. The summed E-state index contributed by atoms with van der Waals surface area (Å²) in [5, 5.41) is 5.61. The Bertz CT molecular complexity index is 2690. The molecule has 1 aromatic heterocycles. The average Bonchev–Trinajstić information content (AvgIpc) is 3.53. The molecule has 0 N–H and O–H groups in total. The summed E-state index contributed by atoms with van der Waals surface area (Å²) in [5.41, 5.74) is 7.75. The van der Waals surface area contributed by atoms with Crippen LogP contribution in [0.15, 0.2) is 174 Å². The predicted octanol–water partition coefficient (Wildman–Crippen LogP) is 12.6. The minimum Gasteiger partial charge on any atom is -0.455 e. The molecule has 0 aliphatic heterocycles. The fourth-order valence-electron chi connectivity index (χ4n) is 6.73. The quantitative estimate of drug-likeness (QED) is 0.190. The maximum Gasteiger partial charge on any atom is 0.143 e. The van der Waals surface area contributed by atoms with Crippen molar-refractivity contribution in [3.63, 3.8) is 0 Å². The Labute approximate surface area is 267 Å².